The fourth-order valence-electron chi connectivity index (χ4n) is 3.02. The van der Waals surface area contributed by atoms with E-state index in [0.717, 1.165) is 32.6 Å². The van der Waals surface area contributed by atoms with Crippen molar-refractivity contribution in [1.29, 1.82) is 0 Å². The second kappa shape index (κ2) is 7.81. The maximum absolute atomic E-state index is 3.63. The molecule has 2 atom stereocenters. The van der Waals surface area contributed by atoms with Crippen molar-refractivity contribution in [2.24, 2.45) is 0 Å². The van der Waals surface area contributed by atoms with Crippen LogP contribution >= 0.6 is 0 Å². The molecule has 1 aliphatic heterocycles. The zero-order chi connectivity index (χ0) is 15.2. The summed E-state index contributed by atoms with van der Waals surface area (Å²) >= 11 is 0. The molecule has 3 heteroatoms. The summed E-state index contributed by atoms with van der Waals surface area (Å²) in [6, 6.07) is 10.3. The second-order valence-corrected chi connectivity index (χ2v) is 6.28. The van der Waals surface area contributed by atoms with Crippen LogP contribution in [-0.2, 0) is 0 Å². The van der Waals surface area contributed by atoms with Crippen LogP contribution in [0.25, 0.3) is 0 Å². The number of nitrogens with one attached hydrogen (secondary N) is 1. The lowest BCUT2D eigenvalue weighted by atomic mass is 10.0. The van der Waals surface area contributed by atoms with Gasteiger partial charge in [-0.1, -0.05) is 26.0 Å². The molecule has 1 aromatic rings. The number of hydrogen-bond acceptors (Lipinski definition) is 3. The first-order chi connectivity index (χ1) is 10.2. The van der Waals surface area contributed by atoms with Crippen LogP contribution in [-0.4, -0.2) is 44.2 Å². The predicted octanol–water partition coefficient (Wildman–Crippen LogP) is 3.28. The third-order valence-corrected chi connectivity index (χ3v) is 4.67. The molecule has 0 aliphatic carbocycles. The van der Waals surface area contributed by atoms with Gasteiger partial charge < -0.3 is 15.1 Å². The highest BCUT2D eigenvalue weighted by Gasteiger charge is 2.20. The molecule has 1 N–H and O–H groups in total. The minimum absolute atomic E-state index is 0.491. The van der Waals surface area contributed by atoms with Gasteiger partial charge in [0.05, 0.1) is 0 Å². The molecule has 0 saturated carbocycles. The quantitative estimate of drug-likeness (QED) is 0.867. The molecule has 1 aliphatic rings. The minimum atomic E-state index is 0.491. The van der Waals surface area contributed by atoms with Gasteiger partial charge in [-0.3, -0.25) is 0 Å². The lowest BCUT2D eigenvalue weighted by Gasteiger charge is -2.39. The molecule has 0 bridgehead atoms. The van der Waals surface area contributed by atoms with E-state index in [-0.39, 0.29) is 0 Å². The maximum Gasteiger partial charge on any atom is 0.0367 e. The summed E-state index contributed by atoms with van der Waals surface area (Å²) in [6.07, 6.45) is 2.33. The standard InChI is InChI=1S/C18H31N3/c1-5-11-19-18(6-2)16-7-9-17(10-8-16)21-13-12-20(4)15(3)14-21/h7-10,15,18-19H,5-6,11-14H2,1-4H3. The van der Waals surface area contributed by atoms with Gasteiger partial charge in [0.15, 0.2) is 0 Å². The predicted molar refractivity (Wildman–Crippen MR) is 92.1 cm³/mol. The topological polar surface area (TPSA) is 18.5 Å². The van der Waals surface area contributed by atoms with Gasteiger partial charge in [-0.15, -0.1) is 0 Å². The van der Waals surface area contributed by atoms with Gasteiger partial charge in [-0.05, 0) is 51.1 Å². The first-order valence-corrected chi connectivity index (χ1v) is 8.44. The molecule has 0 spiro atoms. The third-order valence-electron chi connectivity index (χ3n) is 4.67. The second-order valence-electron chi connectivity index (χ2n) is 6.28. The number of benzene rings is 1. The summed E-state index contributed by atoms with van der Waals surface area (Å²) in [7, 11) is 2.22. The number of rotatable bonds is 6. The van der Waals surface area contributed by atoms with E-state index in [1.807, 2.05) is 0 Å². The van der Waals surface area contributed by atoms with E-state index in [2.05, 4.69) is 67.2 Å². The van der Waals surface area contributed by atoms with Crippen molar-refractivity contribution < 1.29 is 0 Å². The Bertz CT molecular complexity index is 415. The summed E-state index contributed by atoms with van der Waals surface area (Å²) in [6.45, 7) is 11.3. The van der Waals surface area contributed by atoms with Crippen molar-refractivity contribution in [3.8, 4) is 0 Å². The highest BCUT2D eigenvalue weighted by Crippen LogP contribution is 2.23. The van der Waals surface area contributed by atoms with Crippen molar-refractivity contribution in [1.82, 2.24) is 10.2 Å². The van der Waals surface area contributed by atoms with Gasteiger partial charge in [0.25, 0.3) is 0 Å². The largest absolute Gasteiger partial charge is 0.369 e. The van der Waals surface area contributed by atoms with Crippen LogP contribution in [0.1, 0.15) is 45.2 Å². The van der Waals surface area contributed by atoms with Crippen molar-refractivity contribution in [3.05, 3.63) is 29.8 Å². The molecule has 3 nitrogen and oxygen atoms in total. The van der Waals surface area contributed by atoms with Gasteiger partial charge in [0, 0.05) is 37.4 Å². The van der Waals surface area contributed by atoms with Gasteiger partial charge in [-0.2, -0.15) is 0 Å². The highest BCUT2D eigenvalue weighted by molar-refractivity contribution is 5.48. The van der Waals surface area contributed by atoms with Crippen molar-refractivity contribution in [2.45, 2.75) is 45.7 Å². The Kier molecular flexibility index (Phi) is 6.07. The molecule has 118 valence electrons. The first kappa shape index (κ1) is 16.3. The molecule has 2 rings (SSSR count). The van der Waals surface area contributed by atoms with Crippen LogP contribution in [0.5, 0.6) is 0 Å². The zero-order valence-electron chi connectivity index (χ0n) is 14.1. The molecule has 1 fully saturated rings. The number of likely N-dealkylation sites (N-methyl/N-ethyl adjacent to an activating group) is 1. The van der Waals surface area contributed by atoms with E-state index >= 15 is 0 Å². The van der Waals surface area contributed by atoms with Crippen molar-refractivity contribution >= 4 is 5.69 Å². The zero-order valence-corrected chi connectivity index (χ0v) is 14.1. The van der Waals surface area contributed by atoms with Crippen LogP contribution in [0.15, 0.2) is 24.3 Å². The monoisotopic (exact) mass is 289 g/mol. The Hall–Kier alpha value is -1.06. The maximum atomic E-state index is 3.63. The molecule has 2 unspecified atom stereocenters. The highest BCUT2D eigenvalue weighted by atomic mass is 15.3. The van der Waals surface area contributed by atoms with E-state index in [0.29, 0.717) is 12.1 Å². The molecule has 0 radical (unpaired) electrons. The minimum Gasteiger partial charge on any atom is -0.369 e. The molecule has 1 saturated heterocycles. The summed E-state index contributed by atoms with van der Waals surface area (Å²) in [5.74, 6) is 0. The smallest absolute Gasteiger partial charge is 0.0367 e. The fourth-order valence-corrected chi connectivity index (χ4v) is 3.02. The molecule has 21 heavy (non-hydrogen) atoms. The van der Waals surface area contributed by atoms with Crippen LogP contribution in [0.2, 0.25) is 0 Å². The van der Waals surface area contributed by atoms with E-state index in [9.17, 15) is 0 Å². The van der Waals surface area contributed by atoms with Crippen LogP contribution in [0.4, 0.5) is 5.69 Å². The van der Waals surface area contributed by atoms with Gasteiger partial charge in [-0.25, -0.2) is 0 Å². The summed E-state index contributed by atoms with van der Waals surface area (Å²) in [5.41, 5.74) is 2.78. The van der Waals surface area contributed by atoms with Crippen LogP contribution < -0.4 is 10.2 Å². The molecular formula is C18H31N3. The van der Waals surface area contributed by atoms with E-state index < -0.39 is 0 Å². The first-order valence-electron chi connectivity index (χ1n) is 8.44. The summed E-state index contributed by atoms with van der Waals surface area (Å²) < 4.78 is 0. The average molecular weight is 289 g/mol. The number of nitrogens with zero attached hydrogens (tertiary/aromatic N) is 2. The SMILES string of the molecule is CCCNC(CC)c1ccc(N2CCN(C)C(C)C2)cc1. The van der Waals surface area contributed by atoms with Gasteiger partial charge >= 0.3 is 0 Å². The average Bonchev–Trinajstić information content (AvgIpc) is 2.51. The Morgan fingerprint density at radius 3 is 2.48 bits per heavy atom. The Morgan fingerprint density at radius 1 is 1.19 bits per heavy atom. The molecule has 0 amide bonds. The summed E-state index contributed by atoms with van der Waals surface area (Å²) in [5, 5.41) is 3.63. The Morgan fingerprint density at radius 2 is 1.90 bits per heavy atom. The van der Waals surface area contributed by atoms with Crippen LogP contribution in [0, 0.1) is 0 Å². The number of anilines is 1. The van der Waals surface area contributed by atoms with Crippen LogP contribution in [0.3, 0.4) is 0 Å². The number of piperazine rings is 1. The lowest BCUT2D eigenvalue weighted by molar-refractivity contribution is 0.234. The summed E-state index contributed by atoms with van der Waals surface area (Å²) in [4.78, 5) is 4.95. The third kappa shape index (κ3) is 4.21. The lowest BCUT2D eigenvalue weighted by Crippen LogP contribution is -2.50. The Balaban J connectivity index is 2.01. The molecular weight excluding hydrogens is 258 g/mol. The van der Waals surface area contributed by atoms with Crippen molar-refractivity contribution in [3.63, 3.8) is 0 Å². The van der Waals surface area contributed by atoms with E-state index in [1.54, 1.807) is 0 Å². The van der Waals surface area contributed by atoms with E-state index in [4.69, 9.17) is 0 Å². The van der Waals surface area contributed by atoms with Gasteiger partial charge in [0.2, 0.25) is 0 Å². The van der Waals surface area contributed by atoms with E-state index in [1.165, 1.54) is 17.7 Å². The Labute approximate surface area is 130 Å². The van der Waals surface area contributed by atoms with Gasteiger partial charge in [0.1, 0.15) is 0 Å². The fraction of sp³-hybridized carbons (Fsp3) is 0.667. The van der Waals surface area contributed by atoms with Crippen molar-refractivity contribution in [2.75, 3.05) is 38.1 Å². The molecule has 1 heterocycles. The molecule has 0 aromatic heterocycles. The normalized spacial score (nSPS) is 21.5. The number of hydrogen-bond donors (Lipinski definition) is 1. The molecule has 1 aromatic carbocycles.